The summed E-state index contributed by atoms with van der Waals surface area (Å²) < 4.78 is 0. The fourth-order valence-corrected chi connectivity index (χ4v) is 7.27. The zero-order chi connectivity index (χ0) is 19.3. The van der Waals surface area contributed by atoms with Crippen LogP contribution in [-0.4, -0.2) is 54.5 Å². The molecule has 1 aromatic carbocycles. The summed E-state index contributed by atoms with van der Waals surface area (Å²) in [5.74, 6) is 3.95. The average Bonchev–Trinajstić information content (AvgIpc) is 2.61. The van der Waals surface area contributed by atoms with Crippen molar-refractivity contribution >= 4 is 34.8 Å². The molecule has 0 spiro atoms. The van der Waals surface area contributed by atoms with Gasteiger partial charge in [0.25, 0.3) is 0 Å². The average molecular weight is 422 g/mol. The largest absolute Gasteiger partial charge is 0.325 e. The summed E-state index contributed by atoms with van der Waals surface area (Å²) in [4.78, 5) is 17.5. The van der Waals surface area contributed by atoms with Crippen LogP contribution in [0.3, 0.4) is 0 Å². The highest BCUT2D eigenvalue weighted by Gasteiger charge is 2.50. The Morgan fingerprint density at radius 2 is 1.46 bits per heavy atom. The molecule has 6 heteroatoms. The number of piperazine rings is 1. The number of rotatable bonds is 4. The Morgan fingerprint density at radius 3 is 2.04 bits per heavy atom. The molecule has 4 saturated carbocycles. The maximum atomic E-state index is 12.4. The lowest BCUT2D eigenvalue weighted by molar-refractivity contribution is -0.118. The van der Waals surface area contributed by atoms with E-state index in [9.17, 15) is 4.79 Å². The smallest absolute Gasteiger partial charge is 0.238 e. The van der Waals surface area contributed by atoms with Crippen molar-refractivity contribution in [3.63, 3.8) is 0 Å². The third-order valence-electron chi connectivity index (χ3n) is 7.52. The molecule has 0 aromatic heterocycles. The lowest BCUT2D eigenvalue weighted by atomic mass is 9.54. The van der Waals surface area contributed by atoms with Gasteiger partial charge in [0.1, 0.15) is 0 Å². The van der Waals surface area contributed by atoms with Crippen LogP contribution in [0.5, 0.6) is 0 Å². The van der Waals surface area contributed by atoms with Gasteiger partial charge in [-0.3, -0.25) is 14.6 Å². The molecule has 1 heterocycles. The predicted molar refractivity (Wildman–Crippen MR) is 114 cm³/mol. The Hall–Kier alpha value is -0.810. The molecule has 4 aliphatic carbocycles. The fourth-order valence-electron chi connectivity index (χ4n) is 6.74. The Labute approximate surface area is 177 Å². The van der Waals surface area contributed by atoms with E-state index >= 15 is 0 Å². The minimum atomic E-state index is 0.00130. The molecular formula is C22H29Cl2N3O. The summed E-state index contributed by atoms with van der Waals surface area (Å²) in [7, 11) is 0. The van der Waals surface area contributed by atoms with Gasteiger partial charge in [0.05, 0.1) is 6.54 Å². The third kappa shape index (κ3) is 3.94. The van der Waals surface area contributed by atoms with Gasteiger partial charge >= 0.3 is 0 Å². The number of carbonyl (C=O) groups excluding carboxylic acids is 1. The summed E-state index contributed by atoms with van der Waals surface area (Å²) in [6.45, 7) is 4.59. The van der Waals surface area contributed by atoms with Crippen molar-refractivity contribution in [2.45, 2.75) is 38.1 Å². The number of nitrogens with one attached hydrogen (secondary N) is 1. The van der Waals surface area contributed by atoms with Crippen LogP contribution in [0.15, 0.2) is 18.2 Å². The molecule has 152 valence electrons. The van der Waals surface area contributed by atoms with Crippen molar-refractivity contribution < 1.29 is 4.79 Å². The van der Waals surface area contributed by atoms with Crippen LogP contribution in [0, 0.1) is 23.7 Å². The van der Waals surface area contributed by atoms with Gasteiger partial charge in [0.15, 0.2) is 0 Å². The lowest BCUT2D eigenvalue weighted by Crippen LogP contribution is -2.60. The summed E-state index contributed by atoms with van der Waals surface area (Å²) in [6.07, 6.45) is 7.41. The molecule has 0 radical (unpaired) electrons. The number of hydrogen-bond acceptors (Lipinski definition) is 3. The molecule has 5 fully saturated rings. The molecule has 4 bridgehead atoms. The van der Waals surface area contributed by atoms with Crippen molar-refractivity contribution in [3.05, 3.63) is 28.2 Å². The Balaban J connectivity index is 1.13. The van der Waals surface area contributed by atoms with Gasteiger partial charge in [-0.15, -0.1) is 0 Å². The van der Waals surface area contributed by atoms with Crippen LogP contribution >= 0.6 is 23.2 Å². The van der Waals surface area contributed by atoms with Crippen molar-refractivity contribution in [3.8, 4) is 0 Å². The van der Waals surface area contributed by atoms with E-state index in [2.05, 4.69) is 15.1 Å². The van der Waals surface area contributed by atoms with Crippen LogP contribution in [0.4, 0.5) is 5.69 Å². The van der Waals surface area contributed by atoms with Crippen LogP contribution in [0.2, 0.25) is 10.0 Å². The van der Waals surface area contributed by atoms with Gasteiger partial charge in [0.2, 0.25) is 5.91 Å². The maximum Gasteiger partial charge on any atom is 0.238 e. The highest BCUT2D eigenvalue weighted by Crippen LogP contribution is 2.55. The Morgan fingerprint density at radius 1 is 0.893 bits per heavy atom. The molecular weight excluding hydrogens is 393 g/mol. The number of amides is 1. The highest BCUT2D eigenvalue weighted by atomic mass is 35.5. The van der Waals surface area contributed by atoms with E-state index in [4.69, 9.17) is 23.2 Å². The molecule has 1 N–H and O–H groups in total. The first kappa shape index (κ1) is 19.2. The van der Waals surface area contributed by atoms with Gasteiger partial charge in [-0.1, -0.05) is 23.2 Å². The first-order valence-electron chi connectivity index (χ1n) is 10.8. The summed E-state index contributed by atoms with van der Waals surface area (Å²) >= 11 is 12.0. The van der Waals surface area contributed by atoms with Crippen molar-refractivity contribution in [2.24, 2.45) is 23.7 Å². The number of anilines is 1. The van der Waals surface area contributed by atoms with E-state index < -0.39 is 0 Å². The highest BCUT2D eigenvalue weighted by molar-refractivity contribution is 6.35. The molecule has 28 heavy (non-hydrogen) atoms. The normalized spacial score (nSPS) is 35.3. The zero-order valence-corrected chi connectivity index (χ0v) is 17.8. The van der Waals surface area contributed by atoms with E-state index in [0.717, 1.165) is 55.9 Å². The van der Waals surface area contributed by atoms with Gasteiger partial charge in [-0.25, -0.2) is 0 Å². The molecule has 1 aliphatic heterocycles. The molecule has 1 saturated heterocycles. The van der Waals surface area contributed by atoms with E-state index in [-0.39, 0.29) is 5.91 Å². The molecule has 6 rings (SSSR count). The standard InChI is InChI=1S/C22H29Cl2N3O/c23-18-10-19(24)12-20(11-18)25-21(28)13-26-1-3-27(4-2-26)22-16-6-14-5-15(8-16)9-17(22)7-14/h10-12,14-17,22H,1-9,13H2,(H,25,28). The minimum absolute atomic E-state index is 0.00130. The number of hydrogen-bond donors (Lipinski definition) is 1. The maximum absolute atomic E-state index is 12.4. The van der Waals surface area contributed by atoms with E-state index in [1.165, 1.54) is 32.1 Å². The lowest BCUT2D eigenvalue weighted by Gasteiger charge is -2.58. The number of nitrogens with zero attached hydrogens (tertiary/aromatic N) is 2. The van der Waals surface area contributed by atoms with E-state index in [1.54, 1.807) is 18.2 Å². The fraction of sp³-hybridized carbons (Fsp3) is 0.682. The van der Waals surface area contributed by atoms with Crippen LogP contribution in [-0.2, 0) is 4.79 Å². The van der Waals surface area contributed by atoms with E-state index in [1.807, 2.05) is 0 Å². The van der Waals surface area contributed by atoms with Crippen LogP contribution < -0.4 is 5.32 Å². The first-order chi connectivity index (χ1) is 13.5. The van der Waals surface area contributed by atoms with Crippen molar-refractivity contribution in [1.29, 1.82) is 0 Å². The third-order valence-corrected chi connectivity index (χ3v) is 7.96. The van der Waals surface area contributed by atoms with Gasteiger partial charge in [-0.05, 0) is 74.0 Å². The van der Waals surface area contributed by atoms with Crippen molar-refractivity contribution in [2.75, 3.05) is 38.0 Å². The molecule has 1 aromatic rings. The summed E-state index contributed by atoms with van der Waals surface area (Å²) in [5.41, 5.74) is 0.662. The summed E-state index contributed by atoms with van der Waals surface area (Å²) in [5, 5.41) is 3.99. The van der Waals surface area contributed by atoms with Crippen LogP contribution in [0.1, 0.15) is 32.1 Å². The number of benzene rings is 1. The molecule has 5 aliphatic rings. The minimum Gasteiger partial charge on any atom is -0.325 e. The van der Waals surface area contributed by atoms with Crippen molar-refractivity contribution in [1.82, 2.24) is 9.80 Å². The van der Waals surface area contributed by atoms with Crippen LogP contribution in [0.25, 0.3) is 0 Å². The second-order valence-electron chi connectivity index (χ2n) is 9.44. The monoisotopic (exact) mass is 421 g/mol. The first-order valence-corrected chi connectivity index (χ1v) is 11.5. The second-order valence-corrected chi connectivity index (χ2v) is 10.3. The van der Waals surface area contributed by atoms with Gasteiger partial charge in [-0.2, -0.15) is 0 Å². The molecule has 1 amide bonds. The summed E-state index contributed by atoms with van der Waals surface area (Å²) in [6, 6.07) is 5.95. The molecule has 0 atom stereocenters. The number of carbonyl (C=O) groups is 1. The predicted octanol–water partition coefficient (Wildman–Crippen LogP) is 4.37. The zero-order valence-electron chi connectivity index (χ0n) is 16.2. The van der Waals surface area contributed by atoms with Gasteiger partial charge < -0.3 is 5.32 Å². The molecule has 0 unspecified atom stereocenters. The quantitative estimate of drug-likeness (QED) is 0.783. The van der Waals surface area contributed by atoms with Gasteiger partial charge in [0, 0.05) is 48.0 Å². The Kier molecular flexibility index (Phi) is 5.33. The van der Waals surface area contributed by atoms with E-state index in [0.29, 0.717) is 22.3 Å². The number of halogens is 2. The molecule has 4 nitrogen and oxygen atoms in total. The second kappa shape index (κ2) is 7.79. The Bertz CT molecular complexity index is 699. The SMILES string of the molecule is O=C(CN1CCN(C2C3CC4CC(C3)CC2C4)CC1)Nc1cc(Cl)cc(Cl)c1. The topological polar surface area (TPSA) is 35.6 Å².